The zero-order valence-corrected chi connectivity index (χ0v) is 10.4. The van der Waals surface area contributed by atoms with Gasteiger partial charge in [0, 0.05) is 18.2 Å². The Kier molecular flexibility index (Phi) is 4.46. The van der Waals surface area contributed by atoms with Gasteiger partial charge >= 0.3 is 6.61 Å². The number of nitrogens with one attached hydrogen (secondary N) is 1. The van der Waals surface area contributed by atoms with Gasteiger partial charge in [0.15, 0.2) is 5.76 Å². The number of nitrogens with zero attached hydrogens (tertiary/aromatic N) is 1. The van der Waals surface area contributed by atoms with Crippen molar-refractivity contribution in [1.29, 1.82) is 0 Å². The molecule has 2 aromatic rings. The number of hydrogen-bond acceptors (Lipinski definition) is 4. The maximum Gasteiger partial charge on any atom is 0.387 e. The highest BCUT2D eigenvalue weighted by Gasteiger charge is 2.09. The number of ether oxygens (including phenoxy) is 1. The fraction of sp³-hybridized carbons (Fsp3) is 0.308. The molecule has 0 unspecified atom stereocenters. The molecular weight excluding hydrogens is 254 g/mol. The lowest BCUT2D eigenvalue weighted by molar-refractivity contribution is -0.0498. The summed E-state index contributed by atoms with van der Waals surface area (Å²) in [6.45, 7) is 0.591. The van der Waals surface area contributed by atoms with Gasteiger partial charge in [0.2, 0.25) is 0 Å². The average molecular weight is 268 g/mol. The van der Waals surface area contributed by atoms with E-state index in [1.165, 1.54) is 12.1 Å². The third-order valence-corrected chi connectivity index (χ3v) is 2.46. The van der Waals surface area contributed by atoms with Crippen LogP contribution in [0, 0.1) is 0 Å². The average Bonchev–Trinajstić information content (AvgIpc) is 2.84. The SMILES string of the molecule is CCNCc1cc(-c2cccc(OC(F)F)c2)on1. The van der Waals surface area contributed by atoms with Gasteiger partial charge in [0.05, 0.1) is 5.69 Å². The predicted octanol–water partition coefficient (Wildman–Crippen LogP) is 3.05. The van der Waals surface area contributed by atoms with Crippen molar-refractivity contribution in [2.45, 2.75) is 20.1 Å². The van der Waals surface area contributed by atoms with E-state index in [1.807, 2.05) is 6.92 Å². The van der Waals surface area contributed by atoms with E-state index >= 15 is 0 Å². The number of hydrogen-bond donors (Lipinski definition) is 1. The summed E-state index contributed by atoms with van der Waals surface area (Å²) in [7, 11) is 0. The summed E-state index contributed by atoms with van der Waals surface area (Å²) < 4.78 is 33.8. The van der Waals surface area contributed by atoms with Crippen LogP contribution in [0.15, 0.2) is 34.9 Å². The predicted molar refractivity (Wildman–Crippen MR) is 66.0 cm³/mol. The molecule has 4 nitrogen and oxygen atoms in total. The van der Waals surface area contributed by atoms with Gasteiger partial charge < -0.3 is 14.6 Å². The first-order chi connectivity index (χ1) is 9.19. The van der Waals surface area contributed by atoms with Crippen molar-refractivity contribution < 1.29 is 18.0 Å². The van der Waals surface area contributed by atoms with Crippen molar-refractivity contribution >= 4 is 0 Å². The lowest BCUT2D eigenvalue weighted by Crippen LogP contribution is -2.11. The second-order valence-corrected chi connectivity index (χ2v) is 3.87. The Labute approximate surface area is 109 Å². The molecule has 2 rings (SSSR count). The van der Waals surface area contributed by atoms with E-state index in [0.29, 0.717) is 17.9 Å². The lowest BCUT2D eigenvalue weighted by atomic mass is 10.1. The van der Waals surface area contributed by atoms with E-state index in [1.54, 1.807) is 18.2 Å². The molecule has 102 valence electrons. The first-order valence-electron chi connectivity index (χ1n) is 5.90. The zero-order valence-electron chi connectivity index (χ0n) is 10.4. The minimum Gasteiger partial charge on any atom is -0.435 e. The Morgan fingerprint density at radius 3 is 2.95 bits per heavy atom. The van der Waals surface area contributed by atoms with Crippen molar-refractivity contribution in [3.63, 3.8) is 0 Å². The van der Waals surface area contributed by atoms with Crippen LogP contribution in [0.1, 0.15) is 12.6 Å². The number of benzene rings is 1. The van der Waals surface area contributed by atoms with Crippen molar-refractivity contribution in [1.82, 2.24) is 10.5 Å². The van der Waals surface area contributed by atoms with Crippen LogP contribution >= 0.6 is 0 Å². The van der Waals surface area contributed by atoms with E-state index in [9.17, 15) is 8.78 Å². The van der Waals surface area contributed by atoms with E-state index < -0.39 is 6.61 Å². The molecule has 0 aliphatic rings. The highest BCUT2D eigenvalue weighted by Crippen LogP contribution is 2.25. The quantitative estimate of drug-likeness (QED) is 0.874. The second-order valence-electron chi connectivity index (χ2n) is 3.87. The standard InChI is InChI=1S/C13H14F2N2O2/c1-2-16-8-10-7-12(19-17-10)9-4-3-5-11(6-9)18-13(14)15/h3-7,13,16H,2,8H2,1H3. The number of halogens is 2. The molecule has 0 aliphatic carbocycles. The number of alkyl halides is 2. The summed E-state index contributed by atoms with van der Waals surface area (Å²) in [6, 6.07) is 8.09. The van der Waals surface area contributed by atoms with Gasteiger partial charge in [-0.05, 0) is 18.7 Å². The third-order valence-electron chi connectivity index (χ3n) is 2.46. The largest absolute Gasteiger partial charge is 0.435 e. The number of aromatic nitrogens is 1. The molecule has 0 amide bonds. The molecule has 0 atom stereocenters. The summed E-state index contributed by atoms with van der Waals surface area (Å²) in [5, 5.41) is 7.01. The first-order valence-corrected chi connectivity index (χ1v) is 5.90. The van der Waals surface area contributed by atoms with Gasteiger partial charge in [-0.2, -0.15) is 8.78 Å². The highest BCUT2D eigenvalue weighted by atomic mass is 19.3. The van der Waals surface area contributed by atoms with Crippen LogP contribution in [-0.2, 0) is 6.54 Å². The van der Waals surface area contributed by atoms with Crippen LogP contribution in [0.4, 0.5) is 8.78 Å². The normalized spacial score (nSPS) is 10.9. The van der Waals surface area contributed by atoms with Gasteiger partial charge in [0.1, 0.15) is 5.75 Å². The summed E-state index contributed by atoms with van der Waals surface area (Å²) in [5.74, 6) is 0.616. The molecule has 0 fully saturated rings. The molecule has 0 aliphatic heterocycles. The molecule has 6 heteroatoms. The van der Waals surface area contributed by atoms with E-state index in [-0.39, 0.29) is 5.75 Å². The molecule has 1 N–H and O–H groups in total. The topological polar surface area (TPSA) is 47.3 Å². The van der Waals surface area contributed by atoms with Crippen molar-refractivity contribution in [3.05, 3.63) is 36.0 Å². The Balaban J connectivity index is 2.14. The van der Waals surface area contributed by atoms with Crippen molar-refractivity contribution in [2.75, 3.05) is 6.54 Å². The van der Waals surface area contributed by atoms with Crippen LogP contribution in [-0.4, -0.2) is 18.3 Å². The Hall–Kier alpha value is -1.95. The summed E-state index contributed by atoms with van der Waals surface area (Å²) in [6.07, 6.45) is 0. The van der Waals surface area contributed by atoms with Gasteiger partial charge in [0.25, 0.3) is 0 Å². The highest BCUT2D eigenvalue weighted by molar-refractivity contribution is 5.59. The molecule has 19 heavy (non-hydrogen) atoms. The Bertz CT molecular complexity index is 529. The van der Waals surface area contributed by atoms with Crippen LogP contribution < -0.4 is 10.1 Å². The van der Waals surface area contributed by atoms with Crippen molar-refractivity contribution in [3.8, 4) is 17.1 Å². The van der Waals surface area contributed by atoms with Gasteiger partial charge in [-0.1, -0.05) is 24.2 Å². The fourth-order valence-electron chi connectivity index (χ4n) is 1.61. The molecule has 1 aromatic heterocycles. The molecule has 0 saturated heterocycles. The molecule has 0 radical (unpaired) electrons. The summed E-state index contributed by atoms with van der Waals surface area (Å²) >= 11 is 0. The minimum atomic E-state index is -2.84. The molecule has 0 spiro atoms. The maximum absolute atomic E-state index is 12.1. The van der Waals surface area contributed by atoms with E-state index in [2.05, 4.69) is 15.2 Å². The molecule has 0 bridgehead atoms. The van der Waals surface area contributed by atoms with Crippen LogP contribution in [0.5, 0.6) is 5.75 Å². The first kappa shape index (κ1) is 13.5. The Morgan fingerprint density at radius 1 is 1.37 bits per heavy atom. The van der Waals surface area contributed by atoms with Crippen LogP contribution in [0.2, 0.25) is 0 Å². The zero-order chi connectivity index (χ0) is 13.7. The molecule has 1 heterocycles. The van der Waals surface area contributed by atoms with Gasteiger partial charge in [-0.25, -0.2) is 0 Å². The smallest absolute Gasteiger partial charge is 0.387 e. The minimum absolute atomic E-state index is 0.0946. The van der Waals surface area contributed by atoms with Gasteiger partial charge in [-0.3, -0.25) is 0 Å². The van der Waals surface area contributed by atoms with E-state index in [4.69, 9.17) is 4.52 Å². The fourth-order valence-corrected chi connectivity index (χ4v) is 1.61. The monoisotopic (exact) mass is 268 g/mol. The molecular formula is C13H14F2N2O2. The molecule has 1 aromatic carbocycles. The van der Waals surface area contributed by atoms with Crippen LogP contribution in [0.3, 0.4) is 0 Å². The second kappa shape index (κ2) is 6.29. The van der Waals surface area contributed by atoms with E-state index in [0.717, 1.165) is 12.2 Å². The molecule has 0 saturated carbocycles. The Morgan fingerprint density at radius 2 is 2.21 bits per heavy atom. The van der Waals surface area contributed by atoms with Crippen molar-refractivity contribution in [2.24, 2.45) is 0 Å². The number of rotatable bonds is 6. The van der Waals surface area contributed by atoms with Gasteiger partial charge in [-0.15, -0.1) is 0 Å². The summed E-state index contributed by atoms with van der Waals surface area (Å²) in [4.78, 5) is 0. The van der Waals surface area contributed by atoms with Crippen LogP contribution in [0.25, 0.3) is 11.3 Å². The lowest BCUT2D eigenvalue weighted by Gasteiger charge is -2.04. The third kappa shape index (κ3) is 3.75. The maximum atomic E-state index is 12.1. The summed E-state index contributed by atoms with van der Waals surface area (Å²) in [5.41, 5.74) is 1.41.